The van der Waals surface area contributed by atoms with E-state index < -0.39 is 33.8 Å². The number of aryl methyl sites for hydroxylation is 1. The average molecular weight is 413 g/mol. The van der Waals surface area contributed by atoms with Gasteiger partial charge in [0.15, 0.2) is 0 Å². The summed E-state index contributed by atoms with van der Waals surface area (Å²) in [6.07, 6.45) is 2.30. The lowest BCUT2D eigenvalue weighted by Gasteiger charge is -2.31. The highest BCUT2D eigenvalue weighted by atomic mass is 32.2. The van der Waals surface area contributed by atoms with Crippen LogP contribution in [0.5, 0.6) is 0 Å². The molecule has 1 fully saturated rings. The maximum Gasteiger partial charge on any atom is 0.308 e. The van der Waals surface area contributed by atoms with Crippen LogP contribution in [0.3, 0.4) is 0 Å². The maximum absolute atomic E-state index is 12.4. The van der Waals surface area contributed by atoms with Crippen LogP contribution in [-0.2, 0) is 28.6 Å². The molecule has 1 aliphatic rings. The number of carbonyl (C=O) groups excluding carboxylic acids is 2. The zero-order valence-corrected chi connectivity index (χ0v) is 17.8. The highest BCUT2D eigenvalue weighted by molar-refractivity contribution is 7.86. The molecule has 2 unspecified atom stereocenters. The van der Waals surface area contributed by atoms with Gasteiger partial charge >= 0.3 is 5.97 Å². The van der Waals surface area contributed by atoms with Crippen molar-refractivity contribution in [1.82, 2.24) is 9.88 Å². The molecule has 1 saturated heterocycles. The first-order chi connectivity index (χ1) is 12.9. The van der Waals surface area contributed by atoms with Gasteiger partial charge in [0.1, 0.15) is 11.7 Å². The number of rotatable bonds is 7. The van der Waals surface area contributed by atoms with Crippen LogP contribution in [0.25, 0.3) is 0 Å². The summed E-state index contributed by atoms with van der Waals surface area (Å²) in [6, 6.07) is 3.03. The topological polar surface area (TPSA) is 103 Å². The molecule has 2 heterocycles. The van der Waals surface area contributed by atoms with Crippen molar-refractivity contribution in [3.05, 3.63) is 29.6 Å². The number of hydrogen-bond acceptors (Lipinski definition) is 7. The standard InChI is InChI=1S/C19H28N2O6S/c1-13-7-6-11-20-17(13)18(27-28(5,24)25)14-8-9-15(22)21(14)12-10-16(23)26-19(2,3)4/h6-7,11,14,18H,8-10,12H2,1-5H3. The predicted octanol–water partition coefficient (Wildman–Crippen LogP) is 2.13. The molecule has 1 aliphatic heterocycles. The first-order valence-corrected chi connectivity index (χ1v) is 11.0. The summed E-state index contributed by atoms with van der Waals surface area (Å²) in [6.45, 7) is 7.26. The molecule has 1 aromatic heterocycles. The molecule has 0 bridgehead atoms. The third kappa shape index (κ3) is 6.27. The van der Waals surface area contributed by atoms with E-state index in [0.717, 1.165) is 11.8 Å². The van der Waals surface area contributed by atoms with E-state index in [1.807, 2.05) is 13.0 Å². The highest BCUT2D eigenvalue weighted by Crippen LogP contribution is 2.34. The van der Waals surface area contributed by atoms with Crippen LogP contribution in [0.4, 0.5) is 0 Å². The van der Waals surface area contributed by atoms with Crippen LogP contribution in [0, 0.1) is 6.92 Å². The van der Waals surface area contributed by atoms with Gasteiger partial charge in [-0.15, -0.1) is 0 Å². The van der Waals surface area contributed by atoms with Crippen molar-refractivity contribution in [2.24, 2.45) is 0 Å². The quantitative estimate of drug-likeness (QED) is 0.499. The van der Waals surface area contributed by atoms with E-state index in [0.29, 0.717) is 12.1 Å². The lowest BCUT2D eigenvalue weighted by atomic mass is 10.0. The molecular formula is C19H28N2O6S. The van der Waals surface area contributed by atoms with E-state index >= 15 is 0 Å². The van der Waals surface area contributed by atoms with Crippen molar-refractivity contribution in [3.8, 4) is 0 Å². The third-order valence-electron chi connectivity index (χ3n) is 4.30. The molecule has 1 amide bonds. The van der Waals surface area contributed by atoms with Gasteiger partial charge < -0.3 is 9.64 Å². The second kappa shape index (κ2) is 8.57. The molecular weight excluding hydrogens is 384 g/mol. The van der Waals surface area contributed by atoms with Gasteiger partial charge in [-0.1, -0.05) is 6.07 Å². The summed E-state index contributed by atoms with van der Waals surface area (Å²) in [5, 5.41) is 0. The minimum Gasteiger partial charge on any atom is -0.460 e. The van der Waals surface area contributed by atoms with Gasteiger partial charge in [-0.25, -0.2) is 0 Å². The van der Waals surface area contributed by atoms with Crippen molar-refractivity contribution in [1.29, 1.82) is 0 Å². The lowest BCUT2D eigenvalue weighted by Crippen LogP contribution is -2.41. The smallest absolute Gasteiger partial charge is 0.308 e. The van der Waals surface area contributed by atoms with Gasteiger partial charge in [0.25, 0.3) is 10.1 Å². The number of likely N-dealkylation sites (tertiary alicyclic amines) is 1. The number of nitrogens with zero attached hydrogens (tertiary/aromatic N) is 2. The number of amides is 1. The van der Waals surface area contributed by atoms with Crippen LogP contribution >= 0.6 is 0 Å². The Morgan fingerprint density at radius 2 is 2.07 bits per heavy atom. The second-order valence-corrected chi connectivity index (χ2v) is 9.56. The molecule has 0 N–H and O–H groups in total. The molecule has 8 nitrogen and oxygen atoms in total. The van der Waals surface area contributed by atoms with Crippen molar-refractivity contribution in [2.45, 2.75) is 64.7 Å². The molecule has 0 spiro atoms. The number of ether oxygens (including phenoxy) is 1. The largest absolute Gasteiger partial charge is 0.460 e. The third-order valence-corrected chi connectivity index (χ3v) is 4.86. The Hall–Kier alpha value is -2.00. The molecule has 1 aromatic rings. The van der Waals surface area contributed by atoms with Gasteiger partial charge in [-0.05, 0) is 45.7 Å². The molecule has 0 aliphatic carbocycles. The number of carbonyl (C=O) groups is 2. The monoisotopic (exact) mass is 412 g/mol. The number of hydrogen-bond donors (Lipinski definition) is 0. The minimum atomic E-state index is -3.79. The number of aromatic nitrogens is 1. The molecule has 0 saturated carbocycles. The summed E-state index contributed by atoms with van der Waals surface area (Å²) in [7, 11) is -3.79. The van der Waals surface area contributed by atoms with Gasteiger partial charge in [-0.3, -0.25) is 18.8 Å². The Balaban J connectivity index is 2.24. The Bertz CT molecular complexity index is 831. The van der Waals surface area contributed by atoms with Gasteiger partial charge in [0, 0.05) is 19.2 Å². The zero-order chi connectivity index (χ0) is 21.1. The van der Waals surface area contributed by atoms with E-state index in [1.54, 1.807) is 33.0 Å². The van der Waals surface area contributed by atoms with Crippen LogP contribution in [-0.4, -0.2) is 54.6 Å². The number of esters is 1. The summed E-state index contributed by atoms with van der Waals surface area (Å²) >= 11 is 0. The van der Waals surface area contributed by atoms with E-state index in [1.165, 1.54) is 4.90 Å². The van der Waals surface area contributed by atoms with Crippen molar-refractivity contribution >= 4 is 22.0 Å². The van der Waals surface area contributed by atoms with Crippen LogP contribution in [0.15, 0.2) is 18.3 Å². The fraction of sp³-hybridized carbons (Fsp3) is 0.632. The Kier molecular flexibility index (Phi) is 6.82. The maximum atomic E-state index is 12.4. The van der Waals surface area contributed by atoms with Crippen LogP contribution < -0.4 is 0 Å². The first-order valence-electron chi connectivity index (χ1n) is 9.18. The van der Waals surface area contributed by atoms with E-state index in [2.05, 4.69) is 4.98 Å². The normalized spacial score (nSPS) is 19.0. The molecule has 0 radical (unpaired) electrons. The Labute approximate surface area is 166 Å². The Morgan fingerprint density at radius 3 is 2.64 bits per heavy atom. The molecule has 2 atom stereocenters. The van der Waals surface area contributed by atoms with Crippen molar-refractivity contribution in [3.63, 3.8) is 0 Å². The van der Waals surface area contributed by atoms with Crippen molar-refractivity contribution in [2.75, 3.05) is 12.8 Å². The first kappa shape index (κ1) is 22.3. The fourth-order valence-electron chi connectivity index (χ4n) is 3.24. The summed E-state index contributed by atoms with van der Waals surface area (Å²) in [5.41, 5.74) is 0.621. The molecule has 28 heavy (non-hydrogen) atoms. The molecule has 9 heteroatoms. The number of pyridine rings is 1. The zero-order valence-electron chi connectivity index (χ0n) is 17.0. The van der Waals surface area contributed by atoms with Gasteiger partial charge in [0.05, 0.1) is 24.4 Å². The summed E-state index contributed by atoms with van der Waals surface area (Å²) in [4.78, 5) is 30.3. The van der Waals surface area contributed by atoms with E-state index in [9.17, 15) is 18.0 Å². The van der Waals surface area contributed by atoms with Crippen molar-refractivity contribution < 1.29 is 26.9 Å². The second-order valence-electron chi connectivity index (χ2n) is 7.96. The van der Waals surface area contributed by atoms with Crippen LogP contribution in [0.2, 0.25) is 0 Å². The van der Waals surface area contributed by atoms with Gasteiger partial charge in [-0.2, -0.15) is 8.42 Å². The highest BCUT2D eigenvalue weighted by Gasteiger charge is 2.40. The fourth-order valence-corrected chi connectivity index (χ4v) is 3.84. The average Bonchev–Trinajstić information content (AvgIpc) is 2.89. The van der Waals surface area contributed by atoms with Gasteiger partial charge in [0.2, 0.25) is 5.91 Å². The van der Waals surface area contributed by atoms with Crippen LogP contribution in [0.1, 0.15) is 57.4 Å². The SMILES string of the molecule is Cc1cccnc1C(OS(C)(=O)=O)C1CCC(=O)N1CCC(=O)OC(C)(C)C. The molecule has 156 valence electrons. The molecule has 2 rings (SSSR count). The predicted molar refractivity (Wildman–Crippen MR) is 103 cm³/mol. The molecule has 0 aromatic carbocycles. The van der Waals surface area contributed by atoms with E-state index in [4.69, 9.17) is 8.92 Å². The van der Waals surface area contributed by atoms with E-state index in [-0.39, 0.29) is 25.3 Å². The summed E-state index contributed by atoms with van der Waals surface area (Å²) < 4.78 is 34.4. The lowest BCUT2D eigenvalue weighted by molar-refractivity contribution is -0.155. The minimum absolute atomic E-state index is 0.0201. The Morgan fingerprint density at radius 1 is 1.39 bits per heavy atom. The summed E-state index contributed by atoms with van der Waals surface area (Å²) in [5.74, 6) is -0.565.